The van der Waals surface area contributed by atoms with Gasteiger partial charge in [0.15, 0.2) is 0 Å². The van der Waals surface area contributed by atoms with Crippen LogP contribution in [0.5, 0.6) is 0 Å². The van der Waals surface area contributed by atoms with Gasteiger partial charge in [0.2, 0.25) is 0 Å². The third-order valence-corrected chi connectivity index (χ3v) is 4.57. The van der Waals surface area contributed by atoms with Gasteiger partial charge in [0, 0.05) is 6.54 Å². The molecule has 0 aliphatic carbocycles. The van der Waals surface area contributed by atoms with E-state index < -0.39 is 0 Å². The molecule has 1 fully saturated rings. The number of amides is 1. The normalized spacial score (nSPS) is 19.3. The van der Waals surface area contributed by atoms with Gasteiger partial charge < -0.3 is 9.64 Å². The lowest BCUT2D eigenvalue weighted by Crippen LogP contribution is -2.43. The molecule has 1 atom stereocenters. The van der Waals surface area contributed by atoms with Crippen LogP contribution < -0.4 is 0 Å². The minimum atomic E-state index is -0.0823. The van der Waals surface area contributed by atoms with Crippen LogP contribution >= 0.6 is 11.3 Å². The number of ether oxygens (including phenoxy) is 1. The molecule has 1 saturated heterocycles. The molecule has 1 N–H and O–H groups in total. The highest BCUT2D eigenvalue weighted by Crippen LogP contribution is 2.28. The van der Waals surface area contributed by atoms with Crippen molar-refractivity contribution in [3.63, 3.8) is 0 Å². The van der Waals surface area contributed by atoms with Crippen molar-refractivity contribution in [2.75, 3.05) is 19.8 Å². The van der Waals surface area contributed by atoms with E-state index >= 15 is 0 Å². The standard InChI is InChI=1S/C14H17N3O2S/c1-9-5-12(20-8-9)14(18)17-3-4-19-7-11(17)13-10(2)6-15-16-13/h5-6,8,11H,3-4,7H2,1-2H3,(H,15,16). The number of aromatic amines is 1. The fourth-order valence-electron chi connectivity index (χ4n) is 2.46. The molecule has 2 aromatic heterocycles. The Bertz CT molecular complexity index is 619. The average Bonchev–Trinajstić information content (AvgIpc) is 3.07. The van der Waals surface area contributed by atoms with E-state index in [2.05, 4.69) is 10.2 Å². The molecule has 6 heteroatoms. The quantitative estimate of drug-likeness (QED) is 0.923. The number of aromatic nitrogens is 2. The average molecular weight is 291 g/mol. The van der Waals surface area contributed by atoms with Crippen molar-refractivity contribution in [2.24, 2.45) is 0 Å². The van der Waals surface area contributed by atoms with Crippen molar-refractivity contribution in [3.05, 3.63) is 39.3 Å². The Morgan fingerprint density at radius 1 is 1.55 bits per heavy atom. The largest absolute Gasteiger partial charge is 0.377 e. The van der Waals surface area contributed by atoms with E-state index in [9.17, 15) is 4.79 Å². The van der Waals surface area contributed by atoms with Gasteiger partial charge in [0.25, 0.3) is 5.91 Å². The Kier molecular flexibility index (Phi) is 3.58. The number of thiophene rings is 1. The van der Waals surface area contributed by atoms with Crippen LogP contribution in [0, 0.1) is 13.8 Å². The predicted octanol–water partition coefficient (Wildman–Crippen LogP) is 2.30. The lowest BCUT2D eigenvalue weighted by atomic mass is 10.1. The minimum Gasteiger partial charge on any atom is -0.377 e. The lowest BCUT2D eigenvalue weighted by Gasteiger charge is -2.35. The highest BCUT2D eigenvalue weighted by Gasteiger charge is 2.31. The van der Waals surface area contributed by atoms with Crippen molar-refractivity contribution in [1.82, 2.24) is 15.1 Å². The molecular weight excluding hydrogens is 274 g/mol. The highest BCUT2D eigenvalue weighted by molar-refractivity contribution is 7.12. The molecule has 1 unspecified atom stereocenters. The number of hydrogen-bond donors (Lipinski definition) is 1. The number of hydrogen-bond acceptors (Lipinski definition) is 4. The molecule has 3 rings (SSSR count). The summed E-state index contributed by atoms with van der Waals surface area (Å²) in [7, 11) is 0. The van der Waals surface area contributed by atoms with Gasteiger partial charge in [-0.15, -0.1) is 11.3 Å². The van der Waals surface area contributed by atoms with Crippen molar-refractivity contribution in [1.29, 1.82) is 0 Å². The fourth-order valence-corrected chi connectivity index (χ4v) is 3.32. The first-order chi connectivity index (χ1) is 9.66. The molecule has 0 bridgehead atoms. The van der Waals surface area contributed by atoms with Crippen LogP contribution in [0.25, 0.3) is 0 Å². The first kappa shape index (κ1) is 13.3. The van der Waals surface area contributed by atoms with Crippen LogP contribution in [-0.2, 0) is 4.74 Å². The predicted molar refractivity (Wildman–Crippen MR) is 77.0 cm³/mol. The number of nitrogens with one attached hydrogen (secondary N) is 1. The maximum atomic E-state index is 12.7. The van der Waals surface area contributed by atoms with E-state index in [-0.39, 0.29) is 11.9 Å². The first-order valence-electron chi connectivity index (χ1n) is 6.60. The summed E-state index contributed by atoms with van der Waals surface area (Å²) in [6, 6.07) is 1.86. The van der Waals surface area contributed by atoms with Gasteiger partial charge in [-0.25, -0.2) is 0 Å². The summed E-state index contributed by atoms with van der Waals surface area (Å²) in [5, 5.41) is 9.05. The number of H-pyrrole nitrogens is 1. The van der Waals surface area contributed by atoms with Gasteiger partial charge in [0.05, 0.1) is 36.0 Å². The third-order valence-electron chi connectivity index (χ3n) is 3.53. The van der Waals surface area contributed by atoms with E-state index in [0.717, 1.165) is 21.7 Å². The van der Waals surface area contributed by atoms with E-state index in [1.54, 1.807) is 6.20 Å². The van der Waals surface area contributed by atoms with Crippen LogP contribution in [0.1, 0.15) is 32.5 Å². The molecule has 1 amide bonds. The molecule has 0 aromatic carbocycles. The van der Waals surface area contributed by atoms with Crippen LogP contribution in [0.15, 0.2) is 17.6 Å². The number of morpholine rings is 1. The Morgan fingerprint density at radius 2 is 2.40 bits per heavy atom. The Labute approximate surface area is 121 Å². The smallest absolute Gasteiger partial charge is 0.264 e. The number of rotatable bonds is 2. The summed E-state index contributed by atoms with van der Waals surface area (Å²) in [6.45, 7) is 5.70. The summed E-state index contributed by atoms with van der Waals surface area (Å²) in [4.78, 5) is 15.3. The maximum Gasteiger partial charge on any atom is 0.264 e. The first-order valence-corrected chi connectivity index (χ1v) is 7.48. The van der Waals surface area contributed by atoms with Gasteiger partial charge in [-0.1, -0.05) is 0 Å². The van der Waals surface area contributed by atoms with Gasteiger partial charge >= 0.3 is 0 Å². The molecule has 106 valence electrons. The van der Waals surface area contributed by atoms with E-state index in [1.165, 1.54) is 11.3 Å². The van der Waals surface area contributed by atoms with Crippen LogP contribution in [0.2, 0.25) is 0 Å². The third kappa shape index (κ3) is 2.36. The van der Waals surface area contributed by atoms with Gasteiger partial charge in [0.1, 0.15) is 0 Å². The Hall–Kier alpha value is -1.66. The number of aryl methyl sites for hydroxylation is 2. The fraction of sp³-hybridized carbons (Fsp3) is 0.429. The zero-order valence-corrected chi connectivity index (χ0v) is 12.4. The topological polar surface area (TPSA) is 58.2 Å². The Morgan fingerprint density at radius 3 is 3.05 bits per heavy atom. The molecule has 1 aliphatic heterocycles. The Balaban J connectivity index is 1.89. The summed E-state index contributed by atoms with van der Waals surface area (Å²) >= 11 is 1.50. The SMILES string of the molecule is Cc1csc(C(=O)N2CCOCC2c2[nH]ncc2C)c1. The van der Waals surface area contributed by atoms with Crippen molar-refractivity contribution < 1.29 is 9.53 Å². The van der Waals surface area contributed by atoms with Crippen LogP contribution in [-0.4, -0.2) is 40.8 Å². The van der Waals surface area contributed by atoms with Crippen molar-refractivity contribution >= 4 is 17.2 Å². The zero-order valence-electron chi connectivity index (χ0n) is 11.5. The molecule has 0 saturated carbocycles. The summed E-state index contributed by atoms with van der Waals surface area (Å²) in [5.74, 6) is 0.0744. The lowest BCUT2D eigenvalue weighted by molar-refractivity contribution is -0.00381. The van der Waals surface area contributed by atoms with Gasteiger partial charge in [-0.3, -0.25) is 9.89 Å². The molecule has 0 radical (unpaired) electrons. The van der Waals surface area contributed by atoms with Crippen LogP contribution in [0.4, 0.5) is 0 Å². The summed E-state index contributed by atoms with van der Waals surface area (Å²) in [5.41, 5.74) is 3.15. The van der Waals surface area contributed by atoms with Gasteiger partial charge in [-0.05, 0) is 36.4 Å². The zero-order chi connectivity index (χ0) is 14.1. The van der Waals surface area contributed by atoms with E-state index in [1.807, 2.05) is 30.2 Å². The summed E-state index contributed by atoms with van der Waals surface area (Å²) < 4.78 is 5.54. The second kappa shape index (κ2) is 5.38. The number of nitrogens with zero attached hydrogens (tertiary/aromatic N) is 2. The van der Waals surface area contributed by atoms with E-state index in [4.69, 9.17) is 4.74 Å². The van der Waals surface area contributed by atoms with Gasteiger partial charge in [-0.2, -0.15) is 5.10 Å². The second-order valence-electron chi connectivity index (χ2n) is 5.04. The molecular formula is C14H17N3O2S. The number of carbonyl (C=O) groups is 1. The minimum absolute atomic E-state index is 0.0744. The number of carbonyl (C=O) groups excluding carboxylic acids is 1. The molecule has 1 aliphatic rings. The van der Waals surface area contributed by atoms with E-state index in [0.29, 0.717) is 19.8 Å². The highest BCUT2D eigenvalue weighted by atomic mass is 32.1. The van der Waals surface area contributed by atoms with Crippen molar-refractivity contribution in [3.8, 4) is 0 Å². The monoisotopic (exact) mass is 291 g/mol. The molecule has 5 nitrogen and oxygen atoms in total. The molecule has 0 spiro atoms. The molecule has 3 heterocycles. The van der Waals surface area contributed by atoms with Crippen LogP contribution in [0.3, 0.4) is 0 Å². The van der Waals surface area contributed by atoms with Crippen molar-refractivity contribution in [2.45, 2.75) is 19.9 Å². The maximum absolute atomic E-state index is 12.7. The molecule has 2 aromatic rings. The summed E-state index contributed by atoms with van der Waals surface area (Å²) in [6.07, 6.45) is 1.78. The molecule has 20 heavy (non-hydrogen) atoms. The second-order valence-corrected chi connectivity index (χ2v) is 5.96.